The van der Waals surface area contributed by atoms with Crippen LogP contribution in [0.3, 0.4) is 0 Å². The first kappa shape index (κ1) is 21.5. The van der Waals surface area contributed by atoms with Gasteiger partial charge in [0.15, 0.2) is 5.13 Å². The molecule has 0 atom stereocenters. The predicted octanol–water partition coefficient (Wildman–Crippen LogP) is 5.20. The molecule has 0 aliphatic carbocycles. The predicted molar refractivity (Wildman–Crippen MR) is 124 cm³/mol. The Balaban J connectivity index is 1.70. The first-order valence-corrected chi connectivity index (χ1v) is 11.4. The Morgan fingerprint density at radius 1 is 1.20 bits per heavy atom. The summed E-state index contributed by atoms with van der Waals surface area (Å²) in [4.78, 5) is 22.4. The number of nitrogens with zero attached hydrogens (tertiary/aromatic N) is 3. The third-order valence-electron chi connectivity index (χ3n) is 5.19. The van der Waals surface area contributed by atoms with Gasteiger partial charge < -0.3 is 4.74 Å². The van der Waals surface area contributed by atoms with Gasteiger partial charge in [0.25, 0.3) is 5.91 Å². The highest BCUT2D eigenvalue weighted by molar-refractivity contribution is 7.22. The Bertz CT molecular complexity index is 1080. The molecule has 1 aliphatic rings. The molecule has 5 nitrogen and oxygen atoms in total. The number of benzene rings is 2. The number of ether oxygens (including phenoxy) is 1. The molecule has 0 N–H and O–H groups in total. The number of halogens is 2. The summed E-state index contributed by atoms with van der Waals surface area (Å²) in [5, 5.41) is 1.54. The van der Waals surface area contributed by atoms with Gasteiger partial charge in [-0.1, -0.05) is 40.6 Å². The molecule has 0 bridgehead atoms. The van der Waals surface area contributed by atoms with Crippen molar-refractivity contribution < 1.29 is 9.53 Å². The molecule has 1 fully saturated rings. The summed E-state index contributed by atoms with van der Waals surface area (Å²) in [6.45, 7) is 8.53. The summed E-state index contributed by atoms with van der Waals surface area (Å²) in [5.74, 6) is -0.191. The van der Waals surface area contributed by atoms with Gasteiger partial charge in [-0.3, -0.25) is 14.6 Å². The van der Waals surface area contributed by atoms with E-state index in [-0.39, 0.29) is 5.91 Å². The maximum absolute atomic E-state index is 13.5. The monoisotopic (exact) mass is 463 g/mol. The zero-order valence-corrected chi connectivity index (χ0v) is 19.3. The maximum Gasteiger partial charge on any atom is 0.261 e. The molecular formula is C22H23Cl2N3O2S. The lowest BCUT2D eigenvalue weighted by Gasteiger charge is -2.29. The van der Waals surface area contributed by atoms with E-state index in [9.17, 15) is 4.79 Å². The van der Waals surface area contributed by atoms with Gasteiger partial charge >= 0.3 is 0 Å². The van der Waals surface area contributed by atoms with E-state index in [0.717, 1.165) is 41.0 Å². The van der Waals surface area contributed by atoms with E-state index in [2.05, 4.69) is 30.9 Å². The number of aromatic nitrogens is 1. The van der Waals surface area contributed by atoms with Crippen LogP contribution in [0.5, 0.6) is 0 Å². The van der Waals surface area contributed by atoms with Crippen molar-refractivity contribution in [2.75, 3.05) is 44.3 Å². The first-order valence-electron chi connectivity index (χ1n) is 9.87. The van der Waals surface area contributed by atoms with Gasteiger partial charge in [0.2, 0.25) is 0 Å². The van der Waals surface area contributed by atoms with Crippen LogP contribution in [0.1, 0.15) is 21.5 Å². The van der Waals surface area contributed by atoms with E-state index in [1.165, 1.54) is 11.3 Å². The highest BCUT2D eigenvalue weighted by Gasteiger charge is 2.25. The van der Waals surface area contributed by atoms with E-state index in [4.69, 9.17) is 32.9 Å². The standard InChI is InChI=1S/C22H23Cl2N3O2S/c1-14-11-15(2)20-19(12-14)25-22(30-20)27(6-5-26-7-9-29-10-8-26)21(28)17-13-16(23)3-4-18(17)24/h3-4,11-13H,5-10H2,1-2H3. The molecule has 30 heavy (non-hydrogen) atoms. The van der Waals surface area contributed by atoms with Gasteiger partial charge in [-0.05, 0) is 49.2 Å². The first-order chi connectivity index (χ1) is 14.4. The molecular weight excluding hydrogens is 441 g/mol. The lowest BCUT2D eigenvalue weighted by atomic mass is 10.1. The summed E-state index contributed by atoms with van der Waals surface area (Å²) in [6.07, 6.45) is 0. The van der Waals surface area contributed by atoms with Gasteiger partial charge in [-0.2, -0.15) is 0 Å². The second-order valence-corrected chi connectivity index (χ2v) is 9.28. The fraction of sp³-hybridized carbons (Fsp3) is 0.364. The molecule has 1 aromatic heterocycles. The van der Waals surface area contributed by atoms with Gasteiger partial charge in [-0.25, -0.2) is 4.98 Å². The normalized spacial score (nSPS) is 14.9. The zero-order chi connectivity index (χ0) is 21.3. The maximum atomic E-state index is 13.5. The van der Waals surface area contributed by atoms with Crippen molar-refractivity contribution in [1.82, 2.24) is 9.88 Å². The van der Waals surface area contributed by atoms with E-state index < -0.39 is 0 Å². The van der Waals surface area contributed by atoms with E-state index in [0.29, 0.717) is 40.5 Å². The summed E-state index contributed by atoms with van der Waals surface area (Å²) in [6, 6.07) is 9.15. The van der Waals surface area contributed by atoms with Gasteiger partial charge in [0, 0.05) is 31.2 Å². The van der Waals surface area contributed by atoms with Crippen LogP contribution in [-0.4, -0.2) is 55.2 Å². The minimum Gasteiger partial charge on any atom is -0.379 e. The second kappa shape index (κ2) is 9.20. The molecule has 0 saturated carbocycles. The third kappa shape index (κ3) is 4.63. The number of fused-ring (bicyclic) bond motifs is 1. The topological polar surface area (TPSA) is 45.7 Å². The Kier molecular flexibility index (Phi) is 6.60. The van der Waals surface area contributed by atoms with Crippen LogP contribution in [0, 0.1) is 13.8 Å². The fourth-order valence-corrected chi connectivity index (χ4v) is 5.05. The lowest BCUT2D eigenvalue weighted by molar-refractivity contribution is 0.0391. The number of rotatable bonds is 5. The molecule has 2 aromatic carbocycles. The zero-order valence-electron chi connectivity index (χ0n) is 17.0. The van der Waals surface area contributed by atoms with Crippen LogP contribution in [0.25, 0.3) is 10.2 Å². The number of aryl methyl sites for hydroxylation is 2. The van der Waals surface area contributed by atoms with Gasteiger partial charge in [-0.15, -0.1) is 0 Å². The minimum atomic E-state index is -0.191. The average molecular weight is 464 g/mol. The van der Waals surface area contributed by atoms with Crippen LogP contribution in [0.2, 0.25) is 10.0 Å². The number of hydrogen-bond acceptors (Lipinski definition) is 5. The average Bonchev–Trinajstić information content (AvgIpc) is 3.14. The SMILES string of the molecule is Cc1cc(C)c2sc(N(CCN3CCOCC3)C(=O)c3cc(Cl)ccc3Cl)nc2c1. The summed E-state index contributed by atoms with van der Waals surface area (Å²) in [5.41, 5.74) is 3.61. The number of hydrogen-bond donors (Lipinski definition) is 0. The Labute approximate surface area is 190 Å². The second-order valence-electron chi connectivity index (χ2n) is 7.46. The Hall–Kier alpha value is -1.70. The number of anilines is 1. The molecule has 0 spiro atoms. The largest absolute Gasteiger partial charge is 0.379 e. The van der Waals surface area contributed by atoms with Crippen LogP contribution in [-0.2, 0) is 4.74 Å². The van der Waals surface area contributed by atoms with Crippen LogP contribution < -0.4 is 4.90 Å². The van der Waals surface area contributed by atoms with Crippen LogP contribution >= 0.6 is 34.5 Å². The molecule has 2 heterocycles. The quantitative estimate of drug-likeness (QED) is 0.521. The summed E-state index contributed by atoms with van der Waals surface area (Å²) in [7, 11) is 0. The smallest absolute Gasteiger partial charge is 0.261 e. The van der Waals surface area contributed by atoms with Crippen molar-refractivity contribution in [2.45, 2.75) is 13.8 Å². The molecule has 1 saturated heterocycles. The Morgan fingerprint density at radius 3 is 2.73 bits per heavy atom. The number of carbonyl (C=O) groups is 1. The molecule has 8 heteroatoms. The van der Waals surface area contributed by atoms with Gasteiger partial charge in [0.1, 0.15) is 0 Å². The number of amides is 1. The van der Waals surface area contributed by atoms with Crippen LogP contribution in [0.4, 0.5) is 5.13 Å². The lowest BCUT2D eigenvalue weighted by Crippen LogP contribution is -2.43. The van der Waals surface area contributed by atoms with E-state index in [1.54, 1.807) is 23.1 Å². The molecule has 1 aliphatic heterocycles. The number of carbonyl (C=O) groups excluding carboxylic acids is 1. The van der Waals surface area contributed by atoms with Crippen molar-refractivity contribution in [2.24, 2.45) is 0 Å². The molecule has 0 unspecified atom stereocenters. The molecule has 4 rings (SSSR count). The molecule has 3 aromatic rings. The van der Waals surface area contributed by atoms with Crippen molar-refractivity contribution >= 4 is 55.8 Å². The summed E-state index contributed by atoms with van der Waals surface area (Å²) < 4.78 is 6.53. The number of thiazole rings is 1. The van der Waals surface area contributed by atoms with Crippen LogP contribution in [0.15, 0.2) is 30.3 Å². The highest BCUT2D eigenvalue weighted by Crippen LogP contribution is 2.33. The van der Waals surface area contributed by atoms with Crippen molar-refractivity contribution in [1.29, 1.82) is 0 Å². The van der Waals surface area contributed by atoms with E-state index >= 15 is 0 Å². The number of morpholine rings is 1. The highest BCUT2D eigenvalue weighted by atomic mass is 35.5. The van der Waals surface area contributed by atoms with Crippen molar-refractivity contribution in [3.8, 4) is 0 Å². The Morgan fingerprint density at radius 2 is 1.97 bits per heavy atom. The summed E-state index contributed by atoms with van der Waals surface area (Å²) >= 11 is 14.0. The minimum absolute atomic E-state index is 0.191. The third-order valence-corrected chi connectivity index (χ3v) is 6.98. The van der Waals surface area contributed by atoms with Gasteiger partial charge in [0.05, 0.1) is 34.0 Å². The van der Waals surface area contributed by atoms with E-state index in [1.807, 2.05) is 0 Å². The molecule has 0 radical (unpaired) electrons. The molecule has 1 amide bonds. The van der Waals surface area contributed by atoms with Crippen molar-refractivity contribution in [3.63, 3.8) is 0 Å². The van der Waals surface area contributed by atoms with Crippen molar-refractivity contribution in [3.05, 3.63) is 57.1 Å². The molecule has 158 valence electrons. The fourth-order valence-electron chi connectivity index (χ4n) is 3.64.